The first-order valence-corrected chi connectivity index (χ1v) is 5.76. The summed E-state index contributed by atoms with van der Waals surface area (Å²) in [6.45, 7) is 4.20. The molecule has 0 aliphatic carbocycles. The third-order valence-electron chi connectivity index (χ3n) is 3.34. The van der Waals surface area contributed by atoms with Gasteiger partial charge in [0, 0.05) is 12.0 Å². The molecule has 2 nitrogen and oxygen atoms in total. The zero-order valence-electron chi connectivity index (χ0n) is 9.61. The number of hydrogen-bond acceptors (Lipinski definition) is 2. The number of benzene rings is 1. The quantitative estimate of drug-likeness (QED) is 0.836. The molecule has 1 aromatic carbocycles. The Morgan fingerprint density at radius 2 is 2.31 bits per heavy atom. The number of fused-ring (bicyclic) bond motifs is 1. The monoisotopic (exact) mass is 224 g/mol. The van der Waals surface area contributed by atoms with Crippen LogP contribution in [0.3, 0.4) is 0 Å². The van der Waals surface area contributed by atoms with Gasteiger partial charge in [-0.15, -0.1) is 0 Å². The second-order valence-electron chi connectivity index (χ2n) is 4.48. The Hall–Kier alpha value is -1.09. The van der Waals surface area contributed by atoms with Gasteiger partial charge in [0.1, 0.15) is 17.7 Å². The lowest BCUT2D eigenvalue weighted by atomic mass is 9.91. The first kappa shape index (κ1) is 11.4. The molecule has 0 radical (unpaired) electrons. The molecular weight excluding hydrogens is 207 g/mol. The molecule has 3 atom stereocenters. The number of halogens is 1. The maximum absolute atomic E-state index is 13.0. The summed E-state index contributed by atoms with van der Waals surface area (Å²) in [5, 5.41) is 9.95. The lowest BCUT2D eigenvalue weighted by Crippen LogP contribution is -2.31. The molecule has 0 fully saturated rings. The molecule has 88 valence electrons. The number of aliphatic hydroxyl groups excluding tert-OH is 1. The van der Waals surface area contributed by atoms with Gasteiger partial charge in [0.25, 0.3) is 0 Å². The molecule has 0 amide bonds. The fourth-order valence-corrected chi connectivity index (χ4v) is 2.06. The number of aliphatic hydroxyl groups is 1. The van der Waals surface area contributed by atoms with Crippen molar-refractivity contribution in [3.8, 4) is 5.75 Å². The van der Waals surface area contributed by atoms with Crippen LogP contribution in [0.4, 0.5) is 4.39 Å². The molecule has 1 aromatic rings. The molecule has 0 aromatic heterocycles. The molecule has 0 spiro atoms. The SMILES string of the molecule is CCC(C)C1CC(O)c2cc(F)ccc2O1. The van der Waals surface area contributed by atoms with E-state index < -0.39 is 6.10 Å². The highest BCUT2D eigenvalue weighted by molar-refractivity contribution is 5.37. The van der Waals surface area contributed by atoms with Crippen LogP contribution >= 0.6 is 0 Å². The minimum Gasteiger partial charge on any atom is -0.490 e. The van der Waals surface area contributed by atoms with Crippen molar-refractivity contribution in [1.82, 2.24) is 0 Å². The van der Waals surface area contributed by atoms with Gasteiger partial charge in [0.2, 0.25) is 0 Å². The van der Waals surface area contributed by atoms with Crippen molar-refractivity contribution < 1.29 is 14.2 Å². The first-order chi connectivity index (χ1) is 7.61. The second kappa shape index (κ2) is 4.42. The van der Waals surface area contributed by atoms with Crippen LogP contribution in [0.1, 0.15) is 38.4 Å². The summed E-state index contributed by atoms with van der Waals surface area (Å²) in [4.78, 5) is 0. The fraction of sp³-hybridized carbons (Fsp3) is 0.538. The van der Waals surface area contributed by atoms with Gasteiger partial charge < -0.3 is 9.84 Å². The summed E-state index contributed by atoms with van der Waals surface area (Å²) in [5.74, 6) is 0.682. The molecule has 1 aliphatic rings. The van der Waals surface area contributed by atoms with E-state index in [9.17, 15) is 9.50 Å². The first-order valence-electron chi connectivity index (χ1n) is 5.76. The van der Waals surface area contributed by atoms with Crippen LogP contribution in [0.15, 0.2) is 18.2 Å². The van der Waals surface area contributed by atoms with Crippen molar-refractivity contribution in [3.63, 3.8) is 0 Å². The van der Waals surface area contributed by atoms with Crippen molar-refractivity contribution in [3.05, 3.63) is 29.6 Å². The van der Waals surface area contributed by atoms with E-state index in [-0.39, 0.29) is 11.9 Å². The molecule has 0 saturated carbocycles. The molecule has 0 saturated heterocycles. The fourth-order valence-electron chi connectivity index (χ4n) is 2.06. The summed E-state index contributed by atoms with van der Waals surface area (Å²) in [7, 11) is 0. The maximum Gasteiger partial charge on any atom is 0.125 e. The lowest BCUT2D eigenvalue weighted by molar-refractivity contribution is 0.0372. The predicted octanol–water partition coefficient (Wildman–Crippen LogP) is 3.06. The standard InChI is InChI=1S/C13H17FO2/c1-3-8(2)13-7-11(15)10-6-9(14)4-5-12(10)16-13/h4-6,8,11,13,15H,3,7H2,1-2H3. The van der Waals surface area contributed by atoms with Gasteiger partial charge in [-0.3, -0.25) is 0 Å². The largest absolute Gasteiger partial charge is 0.490 e. The van der Waals surface area contributed by atoms with Crippen LogP contribution in [0.25, 0.3) is 0 Å². The highest BCUT2D eigenvalue weighted by atomic mass is 19.1. The van der Waals surface area contributed by atoms with E-state index in [1.165, 1.54) is 12.1 Å². The zero-order chi connectivity index (χ0) is 11.7. The highest BCUT2D eigenvalue weighted by Crippen LogP contribution is 2.37. The minimum absolute atomic E-state index is 0.0259. The normalized spacial score (nSPS) is 25.8. The molecule has 1 aliphatic heterocycles. The van der Waals surface area contributed by atoms with E-state index >= 15 is 0 Å². The highest BCUT2D eigenvalue weighted by Gasteiger charge is 2.29. The van der Waals surface area contributed by atoms with Gasteiger partial charge >= 0.3 is 0 Å². The molecule has 3 unspecified atom stereocenters. The van der Waals surface area contributed by atoms with Crippen LogP contribution in [-0.2, 0) is 0 Å². The Kier molecular flexibility index (Phi) is 3.15. The summed E-state index contributed by atoms with van der Waals surface area (Å²) >= 11 is 0. The topological polar surface area (TPSA) is 29.5 Å². The molecule has 1 N–H and O–H groups in total. The van der Waals surface area contributed by atoms with Gasteiger partial charge in [0.15, 0.2) is 0 Å². The molecule has 2 rings (SSSR count). The summed E-state index contributed by atoms with van der Waals surface area (Å²) < 4.78 is 18.8. The zero-order valence-corrected chi connectivity index (χ0v) is 9.61. The van der Waals surface area contributed by atoms with Crippen molar-refractivity contribution in [1.29, 1.82) is 0 Å². The van der Waals surface area contributed by atoms with Gasteiger partial charge in [-0.05, 0) is 24.1 Å². The van der Waals surface area contributed by atoms with E-state index in [4.69, 9.17) is 4.74 Å². The van der Waals surface area contributed by atoms with E-state index in [0.29, 0.717) is 23.7 Å². The average Bonchev–Trinajstić information content (AvgIpc) is 2.28. The number of rotatable bonds is 2. The summed E-state index contributed by atoms with van der Waals surface area (Å²) in [6, 6.07) is 4.32. The smallest absolute Gasteiger partial charge is 0.125 e. The lowest BCUT2D eigenvalue weighted by Gasteiger charge is -2.32. The second-order valence-corrected chi connectivity index (χ2v) is 4.48. The Morgan fingerprint density at radius 3 is 3.00 bits per heavy atom. The molecule has 1 heterocycles. The van der Waals surface area contributed by atoms with E-state index in [1.807, 2.05) is 0 Å². The van der Waals surface area contributed by atoms with Crippen LogP contribution in [-0.4, -0.2) is 11.2 Å². The van der Waals surface area contributed by atoms with Crippen LogP contribution in [0.2, 0.25) is 0 Å². The van der Waals surface area contributed by atoms with Crippen molar-refractivity contribution >= 4 is 0 Å². The average molecular weight is 224 g/mol. The third kappa shape index (κ3) is 2.05. The summed E-state index contributed by atoms with van der Waals surface area (Å²) in [6.07, 6.45) is 0.968. The van der Waals surface area contributed by atoms with Crippen molar-refractivity contribution in [2.45, 2.75) is 38.9 Å². The predicted molar refractivity (Wildman–Crippen MR) is 59.8 cm³/mol. The Bertz CT molecular complexity index is 378. The van der Waals surface area contributed by atoms with Crippen LogP contribution in [0, 0.1) is 11.7 Å². The number of ether oxygens (including phenoxy) is 1. The van der Waals surface area contributed by atoms with E-state index in [0.717, 1.165) is 6.42 Å². The Labute approximate surface area is 95.1 Å². The summed E-state index contributed by atoms with van der Waals surface area (Å²) in [5.41, 5.74) is 0.569. The Balaban J connectivity index is 2.26. The van der Waals surface area contributed by atoms with Crippen LogP contribution < -0.4 is 4.74 Å². The van der Waals surface area contributed by atoms with Gasteiger partial charge in [-0.25, -0.2) is 4.39 Å². The van der Waals surface area contributed by atoms with E-state index in [1.54, 1.807) is 6.07 Å². The van der Waals surface area contributed by atoms with Gasteiger partial charge in [-0.2, -0.15) is 0 Å². The van der Waals surface area contributed by atoms with Crippen LogP contribution in [0.5, 0.6) is 5.75 Å². The molecular formula is C13H17FO2. The van der Waals surface area contributed by atoms with Crippen molar-refractivity contribution in [2.75, 3.05) is 0 Å². The maximum atomic E-state index is 13.0. The van der Waals surface area contributed by atoms with Gasteiger partial charge in [-0.1, -0.05) is 20.3 Å². The minimum atomic E-state index is -0.613. The van der Waals surface area contributed by atoms with E-state index in [2.05, 4.69) is 13.8 Å². The van der Waals surface area contributed by atoms with Gasteiger partial charge in [0.05, 0.1) is 6.10 Å². The Morgan fingerprint density at radius 1 is 1.56 bits per heavy atom. The molecule has 3 heteroatoms. The molecule has 16 heavy (non-hydrogen) atoms. The van der Waals surface area contributed by atoms with Crippen molar-refractivity contribution in [2.24, 2.45) is 5.92 Å². The third-order valence-corrected chi connectivity index (χ3v) is 3.34. The molecule has 0 bridgehead atoms. The number of hydrogen-bond donors (Lipinski definition) is 1.